The van der Waals surface area contributed by atoms with Gasteiger partial charge in [-0.3, -0.25) is 4.79 Å². The highest BCUT2D eigenvalue weighted by atomic mass is 16.7. The molecule has 0 spiro atoms. The number of carbonyl (C=O) groups is 1. The van der Waals surface area contributed by atoms with Crippen LogP contribution in [0, 0.1) is 17.8 Å². The Kier molecular flexibility index (Phi) is 4.82. The van der Waals surface area contributed by atoms with Crippen molar-refractivity contribution < 1.29 is 19.4 Å². The van der Waals surface area contributed by atoms with E-state index < -0.39 is 12.2 Å². The minimum atomic E-state index is -0.532. The lowest BCUT2D eigenvalue weighted by molar-refractivity contribution is -0.172. The standard InChI is InChI=1S/C14H23NO4/c1-2-18-14-10(4-3-7-16)11(9-5-6-9)8-12(19-14)13(15)17/h8-11,14,16H,2-7H2,1H3,(H2,15,17)/t10-,11-,14-/m1/s1. The largest absolute Gasteiger partial charge is 0.459 e. The Labute approximate surface area is 113 Å². The van der Waals surface area contributed by atoms with Gasteiger partial charge in [-0.05, 0) is 50.5 Å². The number of primary amides is 1. The quantitative estimate of drug-likeness (QED) is 0.726. The lowest BCUT2D eigenvalue weighted by Gasteiger charge is -2.36. The summed E-state index contributed by atoms with van der Waals surface area (Å²) in [7, 11) is 0. The molecule has 1 fully saturated rings. The maximum absolute atomic E-state index is 11.3. The minimum absolute atomic E-state index is 0.166. The lowest BCUT2D eigenvalue weighted by atomic mass is 9.82. The summed E-state index contributed by atoms with van der Waals surface area (Å²) in [5.41, 5.74) is 5.33. The molecule has 0 bridgehead atoms. The van der Waals surface area contributed by atoms with E-state index in [0.29, 0.717) is 12.5 Å². The highest BCUT2D eigenvalue weighted by Crippen LogP contribution is 2.46. The van der Waals surface area contributed by atoms with E-state index in [1.54, 1.807) is 0 Å². The molecule has 2 rings (SSSR count). The number of carbonyl (C=O) groups excluding carboxylic acids is 1. The summed E-state index contributed by atoms with van der Waals surface area (Å²) in [5, 5.41) is 9.02. The second-order valence-electron chi connectivity index (χ2n) is 5.28. The molecule has 0 aromatic heterocycles. The Hall–Kier alpha value is -1.07. The Morgan fingerprint density at radius 2 is 2.32 bits per heavy atom. The van der Waals surface area contributed by atoms with E-state index in [-0.39, 0.29) is 24.2 Å². The number of nitrogens with two attached hydrogens (primary N) is 1. The summed E-state index contributed by atoms with van der Waals surface area (Å²) in [5.74, 6) is 0.776. The molecule has 108 valence electrons. The molecule has 1 amide bonds. The predicted octanol–water partition coefficient (Wildman–Crippen LogP) is 1.16. The van der Waals surface area contributed by atoms with Gasteiger partial charge in [0, 0.05) is 19.1 Å². The van der Waals surface area contributed by atoms with Gasteiger partial charge >= 0.3 is 0 Å². The van der Waals surface area contributed by atoms with Gasteiger partial charge in [0.15, 0.2) is 5.76 Å². The van der Waals surface area contributed by atoms with E-state index in [1.807, 2.05) is 13.0 Å². The Morgan fingerprint density at radius 1 is 1.58 bits per heavy atom. The highest BCUT2D eigenvalue weighted by molar-refractivity contribution is 5.90. The van der Waals surface area contributed by atoms with Crippen molar-refractivity contribution in [1.29, 1.82) is 0 Å². The molecular weight excluding hydrogens is 246 g/mol. The van der Waals surface area contributed by atoms with Gasteiger partial charge in [0.2, 0.25) is 6.29 Å². The normalized spacial score (nSPS) is 30.6. The minimum Gasteiger partial charge on any atom is -0.459 e. The fourth-order valence-corrected chi connectivity index (χ4v) is 2.82. The lowest BCUT2D eigenvalue weighted by Crippen LogP contribution is -2.39. The van der Waals surface area contributed by atoms with Crippen LogP contribution >= 0.6 is 0 Å². The number of rotatable bonds is 7. The van der Waals surface area contributed by atoms with E-state index in [0.717, 1.165) is 12.8 Å². The first-order valence-corrected chi connectivity index (χ1v) is 7.08. The second kappa shape index (κ2) is 6.39. The van der Waals surface area contributed by atoms with Crippen LogP contribution in [-0.4, -0.2) is 30.5 Å². The van der Waals surface area contributed by atoms with Gasteiger partial charge in [-0.2, -0.15) is 0 Å². The molecule has 3 atom stereocenters. The predicted molar refractivity (Wildman–Crippen MR) is 69.8 cm³/mol. The fraction of sp³-hybridized carbons (Fsp3) is 0.786. The zero-order chi connectivity index (χ0) is 13.8. The molecule has 0 aromatic carbocycles. The van der Waals surface area contributed by atoms with Crippen LogP contribution in [0.5, 0.6) is 0 Å². The first kappa shape index (κ1) is 14.3. The molecule has 0 saturated heterocycles. The molecular formula is C14H23NO4. The van der Waals surface area contributed by atoms with Crippen LogP contribution in [-0.2, 0) is 14.3 Å². The molecule has 3 N–H and O–H groups in total. The number of aliphatic hydroxyl groups excluding tert-OH is 1. The third-order valence-electron chi connectivity index (χ3n) is 3.87. The summed E-state index contributed by atoms with van der Waals surface area (Å²) < 4.78 is 11.2. The Morgan fingerprint density at radius 3 is 2.84 bits per heavy atom. The maximum atomic E-state index is 11.3. The molecule has 1 aliphatic heterocycles. The maximum Gasteiger partial charge on any atom is 0.283 e. The molecule has 0 radical (unpaired) electrons. The van der Waals surface area contributed by atoms with E-state index in [9.17, 15) is 4.79 Å². The van der Waals surface area contributed by atoms with Crippen molar-refractivity contribution in [2.45, 2.75) is 38.9 Å². The summed E-state index contributed by atoms with van der Waals surface area (Å²) >= 11 is 0. The smallest absolute Gasteiger partial charge is 0.283 e. The summed E-state index contributed by atoms with van der Waals surface area (Å²) in [6.45, 7) is 2.60. The number of allylic oxidation sites excluding steroid dienone is 1. The van der Waals surface area contributed by atoms with Crippen LogP contribution in [0.4, 0.5) is 0 Å². The average Bonchev–Trinajstić information content (AvgIpc) is 3.21. The van der Waals surface area contributed by atoms with Crippen molar-refractivity contribution in [2.75, 3.05) is 13.2 Å². The summed E-state index contributed by atoms with van der Waals surface area (Å²) in [6.07, 6.45) is 5.38. The van der Waals surface area contributed by atoms with Crippen molar-refractivity contribution in [2.24, 2.45) is 23.5 Å². The molecule has 2 aliphatic rings. The van der Waals surface area contributed by atoms with Gasteiger partial charge in [0.05, 0.1) is 0 Å². The van der Waals surface area contributed by atoms with Crippen molar-refractivity contribution in [3.63, 3.8) is 0 Å². The SMILES string of the molecule is CCO[C@@H]1OC(C(N)=O)=C[C@H](C2CC2)[C@H]1CCCO. The molecule has 0 unspecified atom stereocenters. The second-order valence-corrected chi connectivity index (χ2v) is 5.28. The van der Waals surface area contributed by atoms with Gasteiger partial charge in [-0.1, -0.05) is 0 Å². The van der Waals surface area contributed by atoms with Crippen molar-refractivity contribution in [1.82, 2.24) is 0 Å². The molecule has 5 heteroatoms. The van der Waals surface area contributed by atoms with E-state index >= 15 is 0 Å². The third-order valence-corrected chi connectivity index (χ3v) is 3.87. The molecule has 1 aliphatic carbocycles. The van der Waals surface area contributed by atoms with Gasteiger partial charge in [-0.25, -0.2) is 0 Å². The van der Waals surface area contributed by atoms with E-state index in [4.69, 9.17) is 20.3 Å². The Bertz CT molecular complexity index is 351. The Balaban J connectivity index is 2.16. The van der Waals surface area contributed by atoms with Crippen molar-refractivity contribution >= 4 is 5.91 Å². The van der Waals surface area contributed by atoms with Gasteiger partial charge < -0.3 is 20.3 Å². The summed E-state index contributed by atoms with van der Waals surface area (Å²) in [4.78, 5) is 11.3. The molecule has 1 saturated carbocycles. The van der Waals surface area contributed by atoms with Crippen molar-refractivity contribution in [3.05, 3.63) is 11.8 Å². The van der Waals surface area contributed by atoms with Gasteiger partial charge in [0.25, 0.3) is 5.91 Å². The molecule has 19 heavy (non-hydrogen) atoms. The number of ether oxygens (including phenoxy) is 2. The topological polar surface area (TPSA) is 81.8 Å². The number of hydrogen-bond donors (Lipinski definition) is 2. The van der Waals surface area contributed by atoms with Crippen LogP contribution in [0.15, 0.2) is 11.8 Å². The number of hydrogen-bond acceptors (Lipinski definition) is 4. The van der Waals surface area contributed by atoms with Gasteiger partial charge in [-0.15, -0.1) is 0 Å². The zero-order valence-corrected chi connectivity index (χ0v) is 11.4. The van der Waals surface area contributed by atoms with Crippen molar-refractivity contribution in [3.8, 4) is 0 Å². The van der Waals surface area contributed by atoms with Crippen LogP contribution in [0.25, 0.3) is 0 Å². The van der Waals surface area contributed by atoms with Crippen LogP contribution < -0.4 is 5.73 Å². The number of amides is 1. The first-order chi connectivity index (χ1) is 9.17. The first-order valence-electron chi connectivity index (χ1n) is 7.08. The van der Waals surface area contributed by atoms with E-state index in [1.165, 1.54) is 12.8 Å². The monoisotopic (exact) mass is 269 g/mol. The third kappa shape index (κ3) is 3.48. The number of aliphatic hydroxyl groups is 1. The highest BCUT2D eigenvalue weighted by Gasteiger charge is 2.43. The van der Waals surface area contributed by atoms with Crippen LogP contribution in [0.1, 0.15) is 32.6 Å². The molecule has 5 nitrogen and oxygen atoms in total. The van der Waals surface area contributed by atoms with E-state index in [2.05, 4.69) is 0 Å². The molecule has 1 heterocycles. The summed E-state index contributed by atoms with van der Waals surface area (Å²) in [6, 6.07) is 0. The van der Waals surface area contributed by atoms with Gasteiger partial charge in [0.1, 0.15) is 0 Å². The molecule has 0 aromatic rings. The van der Waals surface area contributed by atoms with Crippen LogP contribution in [0.2, 0.25) is 0 Å². The van der Waals surface area contributed by atoms with Crippen LogP contribution in [0.3, 0.4) is 0 Å². The fourth-order valence-electron chi connectivity index (χ4n) is 2.82. The average molecular weight is 269 g/mol. The zero-order valence-electron chi connectivity index (χ0n) is 11.4.